The van der Waals surface area contributed by atoms with E-state index in [1.807, 2.05) is 13.8 Å². The van der Waals surface area contributed by atoms with Crippen molar-refractivity contribution in [2.45, 2.75) is 70.6 Å². The first-order valence-electron chi connectivity index (χ1n) is 9.24. The Morgan fingerprint density at radius 2 is 2.08 bits per heavy atom. The zero-order chi connectivity index (χ0) is 19.0. The largest absolute Gasteiger partial charge is 0.458 e. The lowest BCUT2D eigenvalue weighted by molar-refractivity contribution is -0.208. The number of hydrogen-bond acceptors (Lipinski definition) is 6. The summed E-state index contributed by atoms with van der Waals surface area (Å²) in [4.78, 5) is 24.6. The molecule has 0 aromatic heterocycles. The molecule has 0 aromatic rings. The zero-order valence-corrected chi connectivity index (χ0v) is 15.7. The number of hydrogen-bond donors (Lipinski definition) is 1. The maximum atomic E-state index is 12.5. The monoisotopic (exact) mass is 362 g/mol. The minimum Gasteiger partial charge on any atom is -0.458 e. The molecule has 0 amide bonds. The van der Waals surface area contributed by atoms with E-state index >= 15 is 0 Å². The Hall–Kier alpha value is -1.66. The molecule has 6 heteroatoms. The highest BCUT2D eigenvalue weighted by Gasteiger charge is 2.76. The van der Waals surface area contributed by atoms with E-state index in [2.05, 4.69) is 6.58 Å². The maximum absolute atomic E-state index is 12.5. The van der Waals surface area contributed by atoms with Gasteiger partial charge in [0.05, 0.1) is 17.8 Å². The predicted molar refractivity (Wildman–Crippen MR) is 91.9 cm³/mol. The van der Waals surface area contributed by atoms with Crippen molar-refractivity contribution in [1.82, 2.24) is 0 Å². The van der Waals surface area contributed by atoms with Crippen molar-refractivity contribution < 1.29 is 28.9 Å². The van der Waals surface area contributed by atoms with Crippen LogP contribution in [0.25, 0.3) is 0 Å². The Bertz CT molecular complexity index is 726. The van der Waals surface area contributed by atoms with E-state index in [0.29, 0.717) is 24.0 Å². The van der Waals surface area contributed by atoms with Gasteiger partial charge in [0.2, 0.25) is 0 Å². The Morgan fingerprint density at radius 1 is 1.38 bits per heavy atom. The molecule has 2 aliphatic carbocycles. The summed E-state index contributed by atoms with van der Waals surface area (Å²) in [6.45, 7) is 11.3. The van der Waals surface area contributed by atoms with Crippen LogP contribution in [0.15, 0.2) is 23.8 Å². The van der Waals surface area contributed by atoms with Gasteiger partial charge in [0.25, 0.3) is 0 Å². The van der Waals surface area contributed by atoms with Crippen molar-refractivity contribution in [3.63, 3.8) is 0 Å². The van der Waals surface area contributed by atoms with Crippen molar-refractivity contribution in [3.05, 3.63) is 23.8 Å². The Morgan fingerprint density at radius 3 is 2.73 bits per heavy atom. The van der Waals surface area contributed by atoms with Gasteiger partial charge in [-0.1, -0.05) is 19.6 Å². The molecular weight excluding hydrogens is 336 g/mol. The predicted octanol–water partition coefficient (Wildman–Crippen LogP) is 1.91. The van der Waals surface area contributed by atoms with Gasteiger partial charge in [-0.2, -0.15) is 0 Å². The van der Waals surface area contributed by atoms with Crippen LogP contribution in [0.1, 0.15) is 40.5 Å². The number of epoxide rings is 1. The lowest BCUT2D eigenvalue weighted by Crippen LogP contribution is -2.65. The van der Waals surface area contributed by atoms with E-state index in [0.717, 1.165) is 0 Å². The molecule has 2 heterocycles. The first kappa shape index (κ1) is 17.7. The number of allylic oxidation sites excluding steroid dienone is 1. The van der Waals surface area contributed by atoms with Gasteiger partial charge in [-0.05, 0) is 27.2 Å². The lowest BCUT2D eigenvalue weighted by atomic mass is 9.51. The van der Waals surface area contributed by atoms with Crippen molar-refractivity contribution in [2.75, 3.05) is 0 Å². The third-order valence-electron chi connectivity index (χ3n) is 7.27. The second kappa shape index (κ2) is 5.42. The van der Waals surface area contributed by atoms with Crippen molar-refractivity contribution in [1.29, 1.82) is 0 Å². The van der Waals surface area contributed by atoms with Gasteiger partial charge in [-0.15, -0.1) is 0 Å². The Balaban J connectivity index is 1.76. The average molecular weight is 362 g/mol. The standard InChI is InChI=1S/C20H26O6/c1-6-9(2)17(22)24-13-7-11-10(3)18(23)25-15(11)16-19(13,4)12(21)8-14-20(16,5)26-14/h6,11-16,21H,3,7-8H2,1-2,4-5H3. The molecule has 6 nitrogen and oxygen atoms in total. The van der Waals surface area contributed by atoms with Gasteiger partial charge in [0.1, 0.15) is 12.2 Å². The first-order valence-corrected chi connectivity index (χ1v) is 9.24. The molecule has 0 bridgehead atoms. The second-order valence-corrected chi connectivity index (χ2v) is 8.49. The summed E-state index contributed by atoms with van der Waals surface area (Å²) in [5.74, 6) is -1.28. The van der Waals surface area contributed by atoms with Crippen molar-refractivity contribution in [2.24, 2.45) is 17.3 Å². The molecule has 8 atom stereocenters. The normalized spacial score (nSPS) is 49.7. The fraction of sp³-hybridized carbons (Fsp3) is 0.700. The smallest absolute Gasteiger partial charge is 0.334 e. The molecule has 8 unspecified atom stereocenters. The first-order chi connectivity index (χ1) is 12.1. The summed E-state index contributed by atoms with van der Waals surface area (Å²) in [7, 11) is 0. The van der Waals surface area contributed by atoms with Gasteiger partial charge >= 0.3 is 11.9 Å². The molecule has 0 radical (unpaired) electrons. The van der Waals surface area contributed by atoms with Crippen LogP contribution in [0.2, 0.25) is 0 Å². The second-order valence-electron chi connectivity index (χ2n) is 8.49. The number of aliphatic hydroxyl groups excluding tert-OH is 1. The minimum atomic E-state index is -0.752. The summed E-state index contributed by atoms with van der Waals surface area (Å²) in [5, 5.41) is 11.0. The number of esters is 2. The molecule has 4 rings (SSSR count). The van der Waals surface area contributed by atoms with Crippen LogP contribution in [0.5, 0.6) is 0 Å². The van der Waals surface area contributed by atoms with Gasteiger partial charge in [0, 0.05) is 34.8 Å². The molecule has 1 N–H and O–H groups in total. The third kappa shape index (κ3) is 2.12. The van der Waals surface area contributed by atoms with E-state index in [1.54, 1.807) is 19.9 Å². The highest BCUT2D eigenvalue weighted by atomic mass is 16.6. The Kier molecular flexibility index (Phi) is 3.70. The average Bonchev–Trinajstić information content (AvgIpc) is 3.17. The van der Waals surface area contributed by atoms with E-state index in [1.165, 1.54) is 0 Å². The van der Waals surface area contributed by atoms with Gasteiger partial charge in [-0.25, -0.2) is 9.59 Å². The number of ether oxygens (including phenoxy) is 3. The van der Waals surface area contributed by atoms with Crippen LogP contribution in [-0.2, 0) is 23.8 Å². The van der Waals surface area contributed by atoms with Crippen LogP contribution in [0.3, 0.4) is 0 Å². The summed E-state index contributed by atoms with van der Waals surface area (Å²) >= 11 is 0. The lowest BCUT2D eigenvalue weighted by Gasteiger charge is -2.55. The summed E-state index contributed by atoms with van der Waals surface area (Å²) in [5.41, 5.74) is -0.302. The number of carbonyl (C=O) groups is 2. The molecule has 2 aliphatic heterocycles. The fourth-order valence-electron chi connectivity index (χ4n) is 5.41. The number of aliphatic hydroxyl groups is 1. The Labute approximate surface area is 153 Å². The molecule has 4 fully saturated rings. The van der Waals surface area contributed by atoms with Crippen LogP contribution in [0.4, 0.5) is 0 Å². The maximum Gasteiger partial charge on any atom is 0.334 e. The number of fused-ring (bicyclic) bond motifs is 5. The molecule has 142 valence electrons. The quantitative estimate of drug-likeness (QED) is 0.459. The molecule has 2 saturated heterocycles. The van der Waals surface area contributed by atoms with E-state index < -0.39 is 41.3 Å². The number of rotatable bonds is 2. The van der Waals surface area contributed by atoms with Crippen LogP contribution < -0.4 is 0 Å². The molecule has 4 aliphatic rings. The zero-order valence-electron chi connectivity index (χ0n) is 15.7. The molecule has 0 spiro atoms. The third-order valence-corrected chi connectivity index (χ3v) is 7.27. The van der Waals surface area contributed by atoms with Crippen LogP contribution in [0, 0.1) is 17.3 Å². The van der Waals surface area contributed by atoms with Crippen molar-refractivity contribution >= 4 is 11.9 Å². The highest BCUT2D eigenvalue weighted by Crippen LogP contribution is 2.66. The molecule has 26 heavy (non-hydrogen) atoms. The number of carbonyl (C=O) groups excluding carboxylic acids is 2. The van der Waals surface area contributed by atoms with Gasteiger partial charge < -0.3 is 19.3 Å². The molecule has 0 aromatic carbocycles. The van der Waals surface area contributed by atoms with E-state index in [-0.39, 0.29) is 17.9 Å². The SMILES string of the molecule is C=C1C(=O)OC2C1CC(OC(=O)C(C)=CC)C1(C)C(O)CC3OC3(C)C21. The van der Waals surface area contributed by atoms with Crippen LogP contribution >= 0.6 is 0 Å². The summed E-state index contributed by atoms with van der Waals surface area (Å²) in [6, 6.07) is 0. The van der Waals surface area contributed by atoms with Gasteiger partial charge in [-0.3, -0.25) is 0 Å². The highest BCUT2D eigenvalue weighted by molar-refractivity contribution is 5.91. The minimum absolute atomic E-state index is 0.0597. The van der Waals surface area contributed by atoms with E-state index in [9.17, 15) is 14.7 Å². The molecule has 2 saturated carbocycles. The summed E-state index contributed by atoms with van der Waals surface area (Å²) < 4.78 is 17.5. The van der Waals surface area contributed by atoms with Crippen LogP contribution in [-0.4, -0.2) is 47.1 Å². The molecular formula is C20H26O6. The topological polar surface area (TPSA) is 85.4 Å². The summed E-state index contributed by atoms with van der Waals surface area (Å²) in [6.07, 6.45) is 0.908. The van der Waals surface area contributed by atoms with Gasteiger partial charge in [0.15, 0.2) is 0 Å². The fourth-order valence-corrected chi connectivity index (χ4v) is 5.41. The van der Waals surface area contributed by atoms with Crippen molar-refractivity contribution in [3.8, 4) is 0 Å². The van der Waals surface area contributed by atoms with E-state index in [4.69, 9.17) is 14.2 Å².